The van der Waals surface area contributed by atoms with Crippen LogP contribution in [-0.2, 0) is 11.3 Å². The lowest BCUT2D eigenvalue weighted by molar-refractivity contribution is -0.0683. The molecule has 5 atom stereocenters. The van der Waals surface area contributed by atoms with E-state index in [2.05, 4.69) is 26.7 Å². The number of nitrogens with zero attached hydrogens (tertiary/aromatic N) is 3. The summed E-state index contributed by atoms with van der Waals surface area (Å²) in [4.78, 5) is 21.3. The van der Waals surface area contributed by atoms with Crippen LogP contribution in [0.2, 0.25) is 0 Å². The highest BCUT2D eigenvalue weighted by atomic mass is 32.2. The Labute approximate surface area is 198 Å². The summed E-state index contributed by atoms with van der Waals surface area (Å²) in [6, 6.07) is 12.2. The molecule has 4 saturated carbocycles. The van der Waals surface area contributed by atoms with Crippen molar-refractivity contribution in [3.8, 4) is 6.07 Å². The van der Waals surface area contributed by atoms with Gasteiger partial charge >= 0.3 is 6.09 Å². The van der Waals surface area contributed by atoms with Crippen LogP contribution in [0.1, 0.15) is 43.2 Å². The Morgan fingerprint density at radius 2 is 2.00 bits per heavy atom. The number of carbonyl (C=O) groups is 1. The van der Waals surface area contributed by atoms with E-state index in [0.717, 1.165) is 24.9 Å². The molecule has 6 rings (SSSR count). The second kappa shape index (κ2) is 9.22. The summed E-state index contributed by atoms with van der Waals surface area (Å²) in [7, 11) is 0. The minimum absolute atomic E-state index is 0.190. The van der Waals surface area contributed by atoms with E-state index in [1.54, 1.807) is 6.20 Å². The number of hydrogen-bond acceptors (Lipinski definition) is 7. The van der Waals surface area contributed by atoms with Crippen LogP contribution in [0, 0.1) is 34.5 Å². The van der Waals surface area contributed by atoms with Crippen LogP contribution in [0.15, 0.2) is 41.7 Å². The maximum absolute atomic E-state index is 12.5. The minimum atomic E-state index is -0.312. The number of amides is 1. The molecular formula is C25H29N5O2S. The normalized spacial score (nSPS) is 29.3. The molecule has 1 aromatic carbocycles. The van der Waals surface area contributed by atoms with Gasteiger partial charge in [0.05, 0.1) is 6.20 Å². The maximum Gasteiger partial charge on any atom is 0.407 e. The van der Waals surface area contributed by atoms with Gasteiger partial charge in [0, 0.05) is 12.6 Å². The van der Waals surface area contributed by atoms with E-state index in [0.29, 0.717) is 40.9 Å². The highest BCUT2D eigenvalue weighted by molar-refractivity contribution is 7.98. The quantitative estimate of drug-likeness (QED) is 0.457. The second-order valence-corrected chi connectivity index (χ2v) is 10.6. The molecule has 8 heteroatoms. The second-order valence-electron chi connectivity index (χ2n) is 9.79. The molecule has 7 nitrogen and oxygen atoms in total. The van der Waals surface area contributed by atoms with E-state index in [-0.39, 0.29) is 17.6 Å². The molecule has 1 heterocycles. The Balaban J connectivity index is 1.21. The van der Waals surface area contributed by atoms with Gasteiger partial charge in [0.1, 0.15) is 24.1 Å². The zero-order chi connectivity index (χ0) is 22.8. The Morgan fingerprint density at radius 1 is 1.24 bits per heavy atom. The van der Waals surface area contributed by atoms with Gasteiger partial charge in [-0.05, 0) is 67.1 Å². The average Bonchev–Trinajstić information content (AvgIpc) is 2.84. The zero-order valence-electron chi connectivity index (χ0n) is 18.8. The molecule has 2 aromatic rings. The third kappa shape index (κ3) is 4.65. The highest BCUT2D eigenvalue weighted by Gasteiger charge is 2.55. The monoisotopic (exact) mass is 463 g/mol. The predicted molar refractivity (Wildman–Crippen MR) is 127 cm³/mol. The lowest BCUT2D eigenvalue weighted by atomic mass is 9.48. The number of rotatable bonds is 7. The summed E-state index contributed by atoms with van der Waals surface area (Å²) in [6.07, 6.45) is 8.95. The van der Waals surface area contributed by atoms with Crippen LogP contribution in [-0.4, -0.2) is 34.9 Å². The van der Waals surface area contributed by atoms with E-state index in [4.69, 9.17) is 4.74 Å². The van der Waals surface area contributed by atoms with Crippen LogP contribution < -0.4 is 10.6 Å². The Hall–Kier alpha value is -2.79. The number of ether oxygens (including phenoxy) is 1. The molecule has 0 spiro atoms. The Morgan fingerprint density at radius 3 is 2.70 bits per heavy atom. The van der Waals surface area contributed by atoms with Gasteiger partial charge in [0.25, 0.3) is 0 Å². The molecule has 0 radical (unpaired) electrons. The van der Waals surface area contributed by atoms with Gasteiger partial charge in [-0.1, -0.05) is 42.1 Å². The smallest absolute Gasteiger partial charge is 0.407 e. The van der Waals surface area contributed by atoms with Crippen LogP contribution in [0.25, 0.3) is 0 Å². The molecule has 4 aliphatic carbocycles. The standard InChI is InChI=1S/C25H29N5O2S/c1-33-23-27-13-20(12-26)22(30-23)28-15-25-9-17-7-18(10-25)21(19(8-17)11-25)29-24(31)32-14-16-5-3-2-4-6-16/h2-6,13,17-19,21H,7-11,14-15H2,1H3,(H,29,31)(H,27,28,30)/t17?,18-,19+,21-,25-. The lowest BCUT2D eigenvalue weighted by Crippen LogP contribution is -2.60. The molecule has 0 aliphatic heterocycles. The van der Waals surface area contributed by atoms with Gasteiger partial charge < -0.3 is 15.4 Å². The van der Waals surface area contributed by atoms with Crippen molar-refractivity contribution in [1.29, 1.82) is 5.26 Å². The van der Waals surface area contributed by atoms with E-state index in [9.17, 15) is 10.1 Å². The first-order valence-corrected chi connectivity index (χ1v) is 12.8. The fourth-order valence-electron chi connectivity index (χ4n) is 6.50. The van der Waals surface area contributed by atoms with Crippen LogP contribution in [0.4, 0.5) is 10.6 Å². The number of hydrogen-bond donors (Lipinski definition) is 2. The maximum atomic E-state index is 12.5. The molecule has 0 saturated heterocycles. The topological polar surface area (TPSA) is 99.9 Å². The van der Waals surface area contributed by atoms with Crippen molar-refractivity contribution in [1.82, 2.24) is 15.3 Å². The van der Waals surface area contributed by atoms with E-state index in [1.165, 1.54) is 31.0 Å². The number of nitriles is 1. The van der Waals surface area contributed by atoms with Gasteiger partial charge in [-0.25, -0.2) is 14.8 Å². The van der Waals surface area contributed by atoms with Gasteiger partial charge in [-0.15, -0.1) is 0 Å². The Bertz CT molecular complexity index is 1040. The van der Waals surface area contributed by atoms with Crippen molar-refractivity contribution < 1.29 is 9.53 Å². The largest absolute Gasteiger partial charge is 0.445 e. The third-order valence-electron chi connectivity index (χ3n) is 7.60. The van der Waals surface area contributed by atoms with Gasteiger partial charge in [-0.2, -0.15) is 5.26 Å². The number of anilines is 1. The molecule has 1 amide bonds. The average molecular weight is 464 g/mol. The number of alkyl carbamates (subject to hydrolysis) is 1. The van der Waals surface area contributed by atoms with Gasteiger partial charge in [0.15, 0.2) is 5.16 Å². The highest BCUT2D eigenvalue weighted by Crippen LogP contribution is 2.60. The lowest BCUT2D eigenvalue weighted by Gasteiger charge is -2.60. The third-order valence-corrected chi connectivity index (χ3v) is 8.16. The van der Waals surface area contributed by atoms with Crippen LogP contribution in [0.5, 0.6) is 0 Å². The first kappa shape index (κ1) is 22.0. The van der Waals surface area contributed by atoms with E-state index < -0.39 is 0 Å². The predicted octanol–water partition coefficient (Wildman–Crippen LogP) is 4.60. The summed E-state index contributed by atoms with van der Waals surface area (Å²) in [5.41, 5.74) is 1.67. The fourth-order valence-corrected chi connectivity index (χ4v) is 6.84. The number of carbonyl (C=O) groups excluding carboxylic acids is 1. The molecule has 2 N–H and O–H groups in total. The molecule has 1 unspecified atom stereocenters. The van der Waals surface area contributed by atoms with Crippen molar-refractivity contribution in [2.24, 2.45) is 23.2 Å². The molecule has 172 valence electrons. The SMILES string of the molecule is CSc1ncc(C#N)c(NC[C@]23CC4C[C@H](C2)[C@@H](NC(=O)OCc2ccccc2)[C@@H](C4)C3)n1. The molecular weight excluding hydrogens is 434 g/mol. The van der Waals surface area contributed by atoms with Gasteiger partial charge in [0.2, 0.25) is 0 Å². The molecule has 4 aliphatic rings. The van der Waals surface area contributed by atoms with Crippen LogP contribution >= 0.6 is 11.8 Å². The molecule has 4 bridgehead atoms. The molecule has 1 aromatic heterocycles. The molecule has 33 heavy (non-hydrogen) atoms. The molecule has 4 fully saturated rings. The van der Waals surface area contributed by atoms with Crippen molar-refractivity contribution in [2.45, 2.75) is 49.9 Å². The van der Waals surface area contributed by atoms with E-state index in [1.807, 2.05) is 36.6 Å². The summed E-state index contributed by atoms with van der Waals surface area (Å²) in [6.45, 7) is 1.10. The summed E-state index contributed by atoms with van der Waals surface area (Å²) in [5, 5.41) is 16.8. The summed E-state index contributed by atoms with van der Waals surface area (Å²) in [5.74, 6) is 2.30. The number of nitrogens with one attached hydrogen (secondary N) is 2. The summed E-state index contributed by atoms with van der Waals surface area (Å²) >= 11 is 1.47. The van der Waals surface area contributed by atoms with E-state index >= 15 is 0 Å². The Kier molecular flexibility index (Phi) is 6.15. The van der Waals surface area contributed by atoms with Crippen molar-refractivity contribution >= 4 is 23.7 Å². The first-order valence-electron chi connectivity index (χ1n) is 11.6. The van der Waals surface area contributed by atoms with Crippen molar-refractivity contribution in [3.05, 3.63) is 47.7 Å². The van der Waals surface area contributed by atoms with Crippen molar-refractivity contribution in [2.75, 3.05) is 18.1 Å². The number of aromatic nitrogens is 2. The number of benzene rings is 1. The fraction of sp³-hybridized carbons (Fsp3) is 0.520. The number of thioether (sulfide) groups is 1. The van der Waals surface area contributed by atoms with Crippen LogP contribution in [0.3, 0.4) is 0 Å². The van der Waals surface area contributed by atoms with Gasteiger partial charge in [-0.3, -0.25) is 0 Å². The first-order chi connectivity index (χ1) is 16.1. The van der Waals surface area contributed by atoms with Crippen molar-refractivity contribution in [3.63, 3.8) is 0 Å². The summed E-state index contributed by atoms with van der Waals surface area (Å²) < 4.78 is 5.50. The minimum Gasteiger partial charge on any atom is -0.445 e. The zero-order valence-corrected chi connectivity index (χ0v) is 19.6.